The van der Waals surface area contributed by atoms with Gasteiger partial charge in [-0.1, -0.05) is 13.8 Å². The van der Waals surface area contributed by atoms with Gasteiger partial charge in [0.15, 0.2) is 16.4 Å². The van der Waals surface area contributed by atoms with Crippen LogP contribution >= 0.6 is 0 Å². The van der Waals surface area contributed by atoms with Crippen molar-refractivity contribution in [1.82, 2.24) is 4.90 Å². The summed E-state index contributed by atoms with van der Waals surface area (Å²) in [5, 5.41) is 9.43. The minimum absolute atomic E-state index is 0.0730. The summed E-state index contributed by atoms with van der Waals surface area (Å²) in [5.74, 6) is 0.947. The molecule has 0 unspecified atom stereocenters. The number of quaternary nitrogens is 1. The van der Waals surface area contributed by atoms with Gasteiger partial charge in [0, 0.05) is 18.3 Å². The van der Waals surface area contributed by atoms with Gasteiger partial charge in [-0.25, -0.2) is 8.42 Å². The first kappa shape index (κ1) is 20.9. The fourth-order valence-corrected chi connectivity index (χ4v) is 5.84. The fraction of sp³-hybridized carbons (Fsp3) is 0.650. The van der Waals surface area contributed by atoms with Gasteiger partial charge in [0.05, 0.1) is 37.7 Å². The number of phenolic OH excluding ortho intramolecular Hbond substituents is 1. The van der Waals surface area contributed by atoms with Crippen LogP contribution in [0, 0.1) is 5.92 Å². The molecule has 0 saturated carbocycles. The summed E-state index contributed by atoms with van der Waals surface area (Å²) >= 11 is 0. The predicted molar refractivity (Wildman–Crippen MR) is 109 cm³/mol. The van der Waals surface area contributed by atoms with Crippen LogP contribution in [0.4, 0.5) is 5.69 Å². The molecule has 0 spiro atoms. The number of carbonyl (C=O) groups is 1. The smallest absolute Gasteiger partial charge is 0.278 e. The number of sulfone groups is 1. The number of benzene rings is 1. The molecule has 8 heteroatoms. The van der Waals surface area contributed by atoms with E-state index < -0.39 is 9.84 Å². The van der Waals surface area contributed by atoms with Gasteiger partial charge < -0.3 is 19.8 Å². The third-order valence-electron chi connectivity index (χ3n) is 5.62. The number of aromatic hydroxyl groups is 1. The van der Waals surface area contributed by atoms with Crippen molar-refractivity contribution in [2.45, 2.75) is 26.3 Å². The zero-order chi connectivity index (χ0) is 20.3. The van der Waals surface area contributed by atoms with Gasteiger partial charge in [-0.2, -0.15) is 0 Å². The Hall–Kier alpha value is -1.80. The highest BCUT2D eigenvalue weighted by atomic mass is 32.2. The third kappa shape index (κ3) is 5.38. The molecule has 3 rings (SSSR count). The normalized spacial score (nSPS) is 22.5. The van der Waals surface area contributed by atoms with Crippen LogP contribution in [0.5, 0.6) is 5.75 Å². The standard InChI is InChI=1S/C20H31N3O4S/c1-16(2)13-23(18-7-12-28(26,27)15-18)20(25)14-21-8-10-22(11-9-21)17-3-5-19(24)6-4-17/h3-6,16,18,24H,7-15H2,1-2H3/p+1/t18-/m0/s1. The maximum absolute atomic E-state index is 13.0. The quantitative estimate of drug-likeness (QED) is 0.677. The number of anilines is 1. The minimum Gasteiger partial charge on any atom is -0.508 e. The molecule has 2 fully saturated rings. The van der Waals surface area contributed by atoms with Crippen LogP contribution < -0.4 is 9.80 Å². The van der Waals surface area contributed by atoms with Crippen molar-refractivity contribution in [3.05, 3.63) is 24.3 Å². The number of hydrogen-bond acceptors (Lipinski definition) is 5. The van der Waals surface area contributed by atoms with Crippen LogP contribution in [0.2, 0.25) is 0 Å². The summed E-state index contributed by atoms with van der Waals surface area (Å²) in [7, 11) is -3.01. The topological polar surface area (TPSA) is 82.4 Å². The number of hydrogen-bond donors (Lipinski definition) is 2. The average Bonchev–Trinajstić information content (AvgIpc) is 3.00. The number of rotatable bonds is 6. The van der Waals surface area contributed by atoms with E-state index in [1.54, 1.807) is 12.1 Å². The van der Waals surface area contributed by atoms with Crippen LogP contribution in [-0.2, 0) is 14.6 Å². The van der Waals surface area contributed by atoms with Gasteiger partial charge in [0.1, 0.15) is 5.75 Å². The molecule has 156 valence electrons. The fourth-order valence-electron chi connectivity index (χ4n) is 4.11. The van der Waals surface area contributed by atoms with Crippen LogP contribution in [0.25, 0.3) is 0 Å². The van der Waals surface area contributed by atoms with Gasteiger partial charge in [-0.15, -0.1) is 0 Å². The molecular formula is C20H32N3O4S+. The lowest BCUT2D eigenvalue weighted by Crippen LogP contribution is -3.16. The van der Waals surface area contributed by atoms with Crippen LogP contribution in [-0.4, -0.2) is 81.1 Å². The molecule has 2 heterocycles. The lowest BCUT2D eigenvalue weighted by molar-refractivity contribution is -0.892. The molecular weight excluding hydrogens is 378 g/mol. The molecule has 2 aliphatic heterocycles. The lowest BCUT2D eigenvalue weighted by Gasteiger charge is -2.35. The molecule has 2 aliphatic rings. The van der Waals surface area contributed by atoms with E-state index in [1.165, 1.54) is 4.90 Å². The molecule has 2 N–H and O–H groups in total. The van der Waals surface area contributed by atoms with Crippen molar-refractivity contribution < 1.29 is 23.2 Å². The Morgan fingerprint density at radius 3 is 2.43 bits per heavy atom. The summed E-state index contributed by atoms with van der Waals surface area (Å²) in [6, 6.07) is 7.04. The molecule has 28 heavy (non-hydrogen) atoms. The highest BCUT2D eigenvalue weighted by Gasteiger charge is 2.36. The number of phenols is 1. The molecule has 1 aromatic carbocycles. The van der Waals surface area contributed by atoms with E-state index in [9.17, 15) is 18.3 Å². The molecule has 2 saturated heterocycles. The summed E-state index contributed by atoms with van der Waals surface area (Å²) < 4.78 is 23.7. The molecule has 0 bridgehead atoms. The van der Waals surface area contributed by atoms with Gasteiger partial charge in [-0.05, 0) is 36.6 Å². The molecule has 1 aromatic rings. The van der Waals surface area contributed by atoms with Crippen LogP contribution in [0.15, 0.2) is 24.3 Å². The van der Waals surface area contributed by atoms with Crippen molar-refractivity contribution in [1.29, 1.82) is 0 Å². The maximum Gasteiger partial charge on any atom is 0.278 e. The van der Waals surface area contributed by atoms with Crippen molar-refractivity contribution in [2.24, 2.45) is 5.92 Å². The minimum atomic E-state index is -3.01. The SMILES string of the molecule is CC(C)CN(C(=O)C[NH+]1CCN(c2ccc(O)cc2)CC1)[C@H]1CCS(=O)(=O)C1. The van der Waals surface area contributed by atoms with Gasteiger partial charge in [0.2, 0.25) is 0 Å². The summed E-state index contributed by atoms with van der Waals surface area (Å²) in [5.41, 5.74) is 1.08. The Kier molecular flexibility index (Phi) is 6.50. The molecule has 0 aliphatic carbocycles. The van der Waals surface area contributed by atoms with E-state index in [4.69, 9.17) is 0 Å². The second kappa shape index (κ2) is 8.69. The monoisotopic (exact) mass is 410 g/mol. The number of piperazine rings is 1. The molecule has 0 aromatic heterocycles. The Morgan fingerprint density at radius 1 is 1.25 bits per heavy atom. The summed E-state index contributed by atoms with van der Waals surface area (Å²) in [6.07, 6.45) is 0.560. The largest absolute Gasteiger partial charge is 0.508 e. The Balaban J connectivity index is 1.56. The first-order chi connectivity index (χ1) is 13.2. The van der Waals surface area contributed by atoms with E-state index in [0.717, 1.165) is 31.9 Å². The predicted octanol–water partition coefficient (Wildman–Crippen LogP) is -0.231. The van der Waals surface area contributed by atoms with E-state index in [-0.39, 0.29) is 29.2 Å². The van der Waals surface area contributed by atoms with Crippen molar-refractivity contribution >= 4 is 21.4 Å². The van der Waals surface area contributed by atoms with Crippen molar-refractivity contribution in [3.8, 4) is 5.75 Å². The number of carbonyl (C=O) groups excluding carboxylic acids is 1. The first-order valence-corrected chi connectivity index (χ1v) is 11.9. The third-order valence-corrected chi connectivity index (χ3v) is 7.37. The lowest BCUT2D eigenvalue weighted by atomic mass is 10.1. The Bertz CT molecular complexity index is 771. The number of nitrogens with one attached hydrogen (secondary N) is 1. The van der Waals surface area contributed by atoms with E-state index >= 15 is 0 Å². The molecule has 0 radical (unpaired) electrons. The van der Waals surface area contributed by atoms with Crippen LogP contribution in [0.1, 0.15) is 20.3 Å². The first-order valence-electron chi connectivity index (χ1n) is 10.1. The second-order valence-electron chi connectivity index (χ2n) is 8.43. The summed E-state index contributed by atoms with van der Waals surface area (Å²) in [4.78, 5) is 18.3. The van der Waals surface area contributed by atoms with Crippen molar-refractivity contribution in [2.75, 3.05) is 55.7 Å². The van der Waals surface area contributed by atoms with E-state index in [1.807, 2.05) is 17.0 Å². The van der Waals surface area contributed by atoms with Gasteiger partial charge in [-0.3, -0.25) is 4.79 Å². The second-order valence-corrected chi connectivity index (χ2v) is 10.7. The summed E-state index contributed by atoms with van der Waals surface area (Å²) in [6.45, 7) is 8.61. The van der Waals surface area contributed by atoms with E-state index in [0.29, 0.717) is 25.4 Å². The van der Waals surface area contributed by atoms with Crippen LogP contribution in [0.3, 0.4) is 0 Å². The highest BCUT2D eigenvalue weighted by molar-refractivity contribution is 7.91. The molecule has 7 nitrogen and oxygen atoms in total. The van der Waals surface area contributed by atoms with Crippen molar-refractivity contribution in [3.63, 3.8) is 0 Å². The maximum atomic E-state index is 13.0. The zero-order valence-corrected chi connectivity index (χ0v) is 17.6. The molecule has 1 atom stereocenters. The highest BCUT2D eigenvalue weighted by Crippen LogP contribution is 2.20. The average molecular weight is 411 g/mol. The number of amides is 1. The van der Waals surface area contributed by atoms with E-state index in [2.05, 4.69) is 18.7 Å². The van der Waals surface area contributed by atoms with Gasteiger partial charge in [0.25, 0.3) is 5.91 Å². The van der Waals surface area contributed by atoms with Gasteiger partial charge >= 0.3 is 0 Å². The Labute approximate surface area is 167 Å². The number of nitrogens with zero attached hydrogens (tertiary/aromatic N) is 2. The zero-order valence-electron chi connectivity index (χ0n) is 16.8. The molecule has 1 amide bonds. The Morgan fingerprint density at radius 2 is 1.89 bits per heavy atom.